The Bertz CT molecular complexity index is 454. The molecule has 0 fully saturated rings. The fourth-order valence-corrected chi connectivity index (χ4v) is 1.03. The molecule has 5 nitrogen and oxygen atoms in total. The number of oxime groups is 1. The van der Waals surface area contributed by atoms with Gasteiger partial charge in [0.1, 0.15) is 5.84 Å². The smallest absolute Gasteiger partial charge is 0.232 e. The second-order valence-electron chi connectivity index (χ2n) is 3.07. The quantitative estimate of drug-likeness (QED) is 0.246. The molecule has 0 aliphatic carbocycles. The monoisotopic (exact) mass is 247 g/mol. The van der Waals surface area contributed by atoms with E-state index in [0.717, 1.165) is 0 Å². The van der Waals surface area contributed by atoms with Crippen molar-refractivity contribution in [3.8, 4) is 0 Å². The normalized spacial score (nSPS) is 11.4. The first-order valence-corrected chi connectivity index (χ1v) is 4.35. The average molecular weight is 247 g/mol. The van der Waals surface area contributed by atoms with Gasteiger partial charge < -0.3 is 16.3 Å². The number of nitrogens with two attached hydrogens (primary N) is 1. The number of amidine groups is 1. The summed E-state index contributed by atoms with van der Waals surface area (Å²) in [5, 5.41) is 12.8. The van der Waals surface area contributed by atoms with Crippen molar-refractivity contribution in [2.45, 2.75) is 6.42 Å². The number of nitrogens with zero attached hydrogens (tertiary/aromatic N) is 1. The molecule has 0 spiro atoms. The van der Waals surface area contributed by atoms with Gasteiger partial charge in [0.25, 0.3) is 0 Å². The zero-order valence-electron chi connectivity index (χ0n) is 8.38. The van der Waals surface area contributed by atoms with Crippen molar-refractivity contribution >= 4 is 17.4 Å². The fraction of sp³-hybridized carbons (Fsp3) is 0.111. The van der Waals surface area contributed by atoms with E-state index in [-0.39, 0.29) is 11.5 Å². The zero-order chi connectivity index (χ0) is 13.0. The third-order valence-electron chi connectivity index (χ3n) is 1.74. The summed E-state index contributed by atoms with van der Waals surface area (Å²) in [5.74, 6) is -5.61. The number of anilines is 1. The molecular formula is C9H8F3N3O2. The van der Waals surface area contributed by atoms with E-state index < -0.39 is 29.8 Å². The number of carbonyl (C=O) groups is 1. The van der Waals surface area contributed by atoms with Gasteiger partial charge in [-0.15, -0.1) is 0 Å². The highest BCUT2D eigenvalue weighted by atomic mass is 19.2. The van der Waals surface area contributed by atoms with Crippen LogP contribution in [0.25, 0.3) is 0 Å². The number of halogens is 3. The zero-order valence-corrected chi connectivity index (χ0v) is 8.38. The summed E-state index contributed by atoms with van der Waals surface area (Å²) in [5.41, 5.74) is 4.78. The first-order chi connectivity index (χ1) is 7.93. The van der Waals surface area contributed by atoms with E-state index in [9.17, 15) is 18.0 Å². The lowest BCUT2D eigenvalue weighted by atomic mass is 10.2. The van der Waals surface area contributed by atoms with Crippen LogP contribution in [0.3, 0.4) is 0 Å². The maximum absolute atomic E-state index is 12.8. The van der Waals surface area contributed by atoms with E-state index in [1.807, 2.05) is 0 Å². The fourth-order valence-electron chi connectivity index (χ4n) is 1.03. The third-order valence-corrected chi connectivity index (χ3v) is 1.74. The van der Waals surface area contributed by atoms with Gasteiger partial charge in [-0.3, -0.25) is 4.79 Å². The molecule has 0 bridgehead atoms. The summed E-state index contributed by atoms with van der Waals surface area (Å²) in [6.07, 6.45) is -0.461. The van der Waals surface area contributed by atoms with Crippen LogP contribution in [0.5, 0.6) is 0 Å². The van der Waals surface area contributed by atoms with E-state index in [0.29, 0.717) is 12.1 Å². The van der Waals surface area contributed by atoms with Gasteiger partial charge in [0.05, 0.1) is 6.42 Å². The van der Waals surface area contributed by atoms with Crippen LogP contribution in [0.4, 0.5) is 18.9 Å². The lowest BCUT2D eigenvalue weighted by Crippen LogP contribution is -2.22. The number of carbonyl (C=O) groups excluding carboxylic acids is 1. The predicted molar refractivity (Wildman–Crippen MR) is 53.0 cm³/mol. The molecule has 4 N–H and O–H groups in total. The molecule has 17 heavy (non-hydrogen) atoms. The van der Waals surface area contributed by atoms with E-state index >= 15 is 0 Å². The minimum Gasteiger partial charge on any atom is -0.409 e. The molecular weight excluding hydrogens is 239 g/mol. The van der Waals surface area contributed by atoms with Crippen molar-refractivity contribution in [2.75, 3.05) is 5.32 Å². The summed E-state index contributed by atoms with van der Waals surface area (Å²) >= 11 is 0. The molecule has 0 aliphatic rings. The number of hydrogen-bond acceptors (Lipinski definition) is 3. The highest BCUT2D eigenvalue weighted by molar-refractivity contribution is 6.04. The molecule has 0 radical (unpaired) electrons. The Morgan fingerprint density at radius 2 is 1.88 bits per heavy atom. The molecule has 92 valence electrons. The number of rotatable bonds is 3. The molecule has 0 saturated carbocycles. The first kappa shape index (κ1) is 12.8. The van der Waals surface area contributed by atoms with Crippen LogP contribution in [0.15, 0.2) is 17.3 Å². The largest absolute Gasteiger partial charge is 0.409 e. The summed E-state index contributed by atoms with van der Waals surface area (Å²) in [7, 11) is 0. The van der Waals surface area contributed by atoms with Crippen LogP contribution in [0.1, 0.15) is 6.42 Å². The van der Waals surface area contributed by atoms with Gasteiger partial charge in [-0.2, -0.15) is 0 Å². The van der Waals surface area contributed by atoms with Gasteiger partial charge in [0.15, 0.2) is 17.5 Å². The second-order valence-corrected chi connectivity index (χ2v) is 3.07. The van der Waals surface area contributed by atoms with E-state index in [2.05, 4.69) is 10.5 Å². The van der Waals surface area contributed by atoms with Crippen molar-refractivity contribution in [3.63, 3.8) is 0 Å². The highest BCUT2D eigenvalue weighted by Gasteiger charge is 2.12. The summed E-state index contributed by atoms with van der Waals surface area (Å²) in [4.78, 5) is 11.2. The van der Waals surface area contributed by atoms with Crippen LogP contribution in [-0.4, -0.2) is 17.0 Å². The van der Waals surface area contributed by atoms with Crippen LogP contribution >= 0.6 is 0 Å². The molecule has 1 amide bonds. The maximum atomic E-state index is 12.8. The summed E-state index contributed by atoms with van der Waals surface area (Å²) in [6, 6.07) is 1.23. The van der Waals surface area contributed by atoms with Crippen LogP contribution in [0, 0.1) is 17.5 Å². The van der Waals surface area contributed by atoms with Gasteiger partial charge in [-0.1, -0.05) is 5.16 Å². The van der Waals surface area contributed by atoms with Crippen molar-refractivity contribution in [3.05, 3.63) is 29.6 Å². The Hall–Kier alpha value is -2.25. The Morgan fingerprint density at radius 3 is 2.35 bits per heavy atom. The van der Waals surface area contributed by atoms with Crippen molar-refractivity contribution in [1.82, 2.24) is 0 Å². The maximum Gasteiger partial charge on any atom is 0.232 e. The molecule has 0 unspecified atom stereocenters. The van der Waals surface area contributed by atoms with Crippen molar-refractivity contribution in [1.29, 1.82) is 0 Å². The van der Waals surface area contributed by atoms with Crippen molar-refractivity contribution < 1.29 is 23.2 Å². The van der Waals surface area contributed by atoms with E-state index in [1.54, 1.807) is 0 Å². The van der Waals surface area contributed by atoms with Crippen LogP contribution < -0.4 is 11.1 Å². The number of nitrogens with one attached hydrogen (secondary N) is 1. The molecule has 0 saturated heterocycles. The Morgan fingerprint density at radius 1 is 1.35 bits per heavy atom. The first-order valence-electron chi connectivity index (χ1n) is 4.35. The Kier molecular flexibility index (Phi) is 3.91. The molecule has 0 atom stereocenters. The minimum atomic E-state index is -1.63. The Balaban J connectivity index is 2.79. The molecule has 1 aromatic rings. The average Bonchev–Trinajstić information content (AvgIpc) is 2.25. The number of hydrogen-bond donors (Lipinski definition) is 3. The predicted octanol–water partition coefficient (Wildman–Crippen LogP) is 1.18. The molecule has 8 heteroatoms. The topological polar surface area (TPSA) is 87.7 Å². The van der Waals surface area contributed by atoms with Gasteiger partial charge in [0, 0.05) is 17.8 Å². The second kappa shape index (κ2) is 5.19. The van der Waals surface area contributed by atoms with Gasteiger partial charge in [-0.25, -0.2) is 13.2 Å². The van der Waals surface area contributed by atoms with Crippen LogP contribution in [0.2, 0.25) is 0 Å². The van der Waals surface area contributed by atoms with E-state index in [4.69, 9.17) is 10.9 Å². The molecule has 0 heterocycles. The molecule has 0 aliphatic heterocycles. The SMILES string of the molecule is NC(CC(=O)Nc1cc(F)c(F)c(F)c1)=NO. The lowest BCUT2D eigenvalue weighted by Gasteiger charge is -2.05. The van der Waals surface area contributed by atoms with Gasteiger partial charge >= 0.3 is 0 Å². The van der Waals surface area contributed by atoms with Crippen LogP contribution in [-0.2, 0) is 4.79 Å². The summed E-state index contributed by atoms with van der Waals surface area (Å²) in [6.45, 7) is 0. The standard InChI is InChI=1S/C9H8F3N3O2/c10-5-1-4(2-6(11)9(5)12)14-8(16)3-7(13)15-17/h1-2,17H,3H2,(H2,13,15)(H,14,16). The third kappa shape index (κ3) is 3.37. The minimum absolute atomic E-state index is 0.267. The molecule has 1 aromatic carbocycles. The molecule has 1 rings (SSSR count). The molecule has 0 aromatic heterocycles. The van der Waals surface area contributed by atoms with Gasteiger partial charge in [-0.05, 0) is 0 Å². The summed E-state index contributed by atoms with van der Waals surface area (Å²) < 4.78 is 38.1. The lowest BCUT2D eigenvalue weighted by molar-refractivity contribution is -0.115. The highest BCUT2D eigenvalue weighted by Crippen LogP contribution is 2.17. The van der Waals surface area contributed by atoms with Gasteiger partial charge in [0.2, 0.25) is 5.91 Å². The number of benzene rings is 1. The number of amides is 1. The van der Waals surface area contributed by atoms with E-state index in [1.165, 1.54) is 0 Å². The Labute approximate surface area is 93.7 Å². The van der Waals surface area contributed by atoms with Crippen molar-refractivity contribution in [2.24, 2.45) is 10.9 Å².